The van der Waals surface area contributed by atoms with Gasteiger partial charge >= 0.3 is 0 Å². The number of rotatable bonds is 6. The molecule has 0 radical (unpaired) electrons. The van der Waals surface area contributed by atoms with Gasteiger partial charge in [-0.05, 0) is 38.4 Å². The molecule has 1 aliphatic rings. The Morgan fingerprint density at radius 2 is 1.86 bits per heavy atom. The highest BCUT2D eigenvalue weighted by atomic mass is 35.5. The van der Waals surface area contributed by atoms with Gasteiger partial charge in [0.15, 0.2) is 0 Å². The van der Waals surface area contributed by atoms with Crippen molar-refractivity contribution < 1.29 is 14.3 Å². The minimum absolute atomic E-state index is 0.0119. The number of hydrogen-bond acceptors (Lipinski definition) is 4. The molecule has 5 nitrogen and oxygen atoms in total. The standard InChI is InChI=1S/C22H27ClN2O3/c1-15-5-4-6-16(11-15)14-25-9-7-17(8-10-25)22(26)24-19-13-20(27-2)18(23)12-21(19)28-3/h4-6,11-13,17H,7-10,14H2,1-3H3,(H,24,26). The van der Waals surface area contributed by atoms with Gasteiger partial charge in [0.25, 0.3) is 0 Å². The van der Waals surface area contributed by atoms with E-state index in [-0.39, 0.29) is 11.8 Å². The van der Waals surface area contributed by atoms with Crippen molar-refractivity contribution in [3.05, 3.63) is 52.5 Å². The number of halogens is 1. The van der Waals surface area contributed by atoms with Crippen LogP contribution in [0.15, 0.2) is 36.4 Å². The number of anilines is 1. The second-order valence-electron chi connectivity index (χ2n) is 7.22. The fourth-order valence-electron chi connectivity index (χ4n) is 3.61. The van der Waals surface area contributed by atoms with Crippen molar-refractivity contribution in [2.45, 2.75) is 26.3 Å². The Hall–Kier alpha value is -2.24. The number of hydrogen-bond donors (Lipinski definition) is 1. The molecule has 0 bridgehead atoms. The molecule has 0 spiro atoms. The number of likely N-dealkylation sites (tertiary alicyclic amines) is 1. The summed E-state index contributed by atoms with van der Waals surface area (Å²) < 4.78 is 10.6. The molecule has 0 unspecified atom stereocenters. The van der Waals surface area contributed by atoms with Crippen molar-refractivity contribution in [1.82, 2.24) is 4.90 Å². The zero-order chi connectivity index (χ0) is 20.1. The van der Waals surface area contributed by atoms with Gasteiger partial charge < -0.3 is 14.8 Å². The second-order valence-corrected chi connectivity index (χ2v) is 7.62. The van der Waals surface area contributed by atoms with Crippen LogP contribution in [0.1, 0.15) is 24.0 Å². The van der Waals surface area contributed by atoms with Gasteiger partial charge in [0.1, 0.15) is 11.5 Å². The Balaban J connectivity index is 1.58. The van der Waals surface area contributed by atoms with Crippen LogP contribution < -0.4 is 14.8 Å². The lowest BCUT2D eigenvalue weighted by Crippen LogP contribution is -2.37. The third kappa shape index (κ3) is 4.97. The molecule has 1 saturated heterocycles. The Morgan fingerprint density at radius 3 is 2.50 bits per heavy atom. The molecule has 1 amide bonds. The molecule has 0 aromatic heterocycles. The van der Waals surface area contributed by atoms with Gasteiger partial charge in [-0.3, -0.25) is 9.69 Å². The lowest BCUT2D eigenvalue weighted by molar-refractivity contribution is -0.121. The highest BCUT2D eigenvalue weighted by Crippen LogP contribution is 2.36. The fourth-order valence-corrected chi connectivity index (χ4v) is 3.85. The maximum Gasteiger partial charge on any atom is 0.227 e. The summed E-state index contributed by atoms with van der Waals surface area (Å²) in [6.07, 6.45) is 1.68. The van der Waals surface area contributed by atoms with Gasteiger partial charge in [-0.2, -0.15) is 0 Å². The van der Waals surface area contributed by atoms with Gasteiger partial charge in [-0.1, -0.05) is 41.4 Å². The van der Waals surface area contributed by atoms with Gasteiger partial charge in [-0.25, -0.2) is 0 Å². The van der Waals surface area contributed by atoms with Crippen molar-refractivity contribution in [3.63, 3.8) is 0 Å². The van der Waals surface area contributed by atoms with Crippen LogP contribution in [0.25, 0.3) is 0 Å². The first-order valence-electron chi connectivity index (χ1n) is 9.50. The number of nitrogens with one attached hydrogen (secondary N) is 1. The molecule has 1 N–H and O–H groups in total. The van der Waals surface area contributed by atoms with Gasteiger partial charge in [0, 0.05) is 24.6 Å². The van der Waals surface area contributed by atoms with Crippen molar-refractivity contribution in [3.8, 4) is 11.5 Å². The van der Waals surface area contributed by atoms with Crippen molar-refractivity contribution in [2.24, 2.45) is 5.92 Å². The second kappa shape index (κ2) is 9.30. The monoisotopic (exact) mass is 402 g/mol. The Kier molecular flexibility index (Phi) is 6.81. The third-order valence-electron chi connectivity index (χ3n) is 5.18. The lowest BCUT2D eigenvalue weighted by Gasteiger charge is -2.31. The minimum Gasteiger partial charge on any atom is -0.495 e. The number of aryl methyl sites for hydroxylation is 1. The van der Waals surface area contributed by atoms with Gasteiger partial charge in [0.2, 0.25) is 5.91 Å². The average Bonchev–Trinajstić information content (AvgIpc) is 2.69. The largest absolute Gasteiger partial charge is 0.495 e. The smallest absolute Gasteiger partial charge is 0.227 e. The van der Waals surface area contributed by atoms with E-state index in [0.29, 0.717) is 22.2 Å². The molecule has 6 heteroatoms. The first-order chi connectivity index (χ1) is 13.5. The predicted molar refractivity (Wildman–Crippen MR) is 112 cm³/mol. The maximum atomic E-state index is 12.8. The number of carbonyl (C=O) groups excluding carboxylic acids is 1. The highest BCUT2D eigenvalue weighted by molar-refractivity contribution is 6.32. The first-order valence-corrected chi connectivity index (χ1v) is 9.88. The molecule has 0 saturated carbocycles. The summed E-state index contributed by atoms with van der Waals surface area (Å²) in [4.78, 5) is 15.2. The topological polar surface area (TPSA) is 50.8 Å². The fraction of sp³-hybridized carbons (Fsp3) is 0.409. The SMILES string of the molecule is COc1cc(NC(=O)C2CCN(Cc3cccc(C)c3)CC2)c(OC)cc1Cl. The van der Waals surface area contributed by atoms with Crippen LogP contribution in [-0.2, 0) is 11.3 Å². The van der Waals surface area contributed by atoms with Crippen molar-refractivity contribution in [1.29, 1.82) is 0 Å². The van der Waals surface area contributed by atoms with Crippen LogP contribution in [0.3, 0.4) is 0 Å². The number of carbonyl (C=O) groups is 1. The van der Waals surface area contributed by atoms with Crippen LogP contribution in [0.5, 0.6) is 11.5 Å². The van der Waals surface area contributed by atoms with E-state index in [9.17, 15) is 4.79 Å². The number of methoxy groups -OCH3 is 2. The number of nitrogens with zero attached hydrogens (tertiary/aromatic N) is 1. The van der Waals surface area contributed by atoms with Crippen LogP contribution in [0.2, 0.25) is 5.02 Å². The summed E-state index contributed by atoms with van der Waals surface area (Å²) in [6, 6.07) is 11.9. The zero-order valence-corrected chi connectivity index (χ0v) is 17.4. The molecule has 2 aromatic carbocycles. The van der Waals surface area contributed by atoms with E-state index < -0.39 is 0 Å². The average molecular weight is 403 g/mol. The third-order valence-corrected chi connectivity index (χ3v) is 5.47. The van der Waals surface area contributed by atoms with E-state index in [1.54, 1.807) is 26.4 Å². The van der Waals surface area contributed by atoms with E-state index in [1.165, 1.54) is 11.1 Å². The molecular weight excluding hydrogens is 376 g/mol. The summed E-state index contributed by atoms with van der Waals surface area (Å²) in [5.74, 6) is 1.03. The van der Waals surface area contributed by atoms with Crippen LogP contribution in [-0.4, -0.2) is 38.1 Å². The number of amides is 1. The summed E-state index contributed by atoms with van der Waals surface area (Å²) in [5, 5.41) is 3.43. The van der Waals surface area contributed by atoms with E-state index in [0.717, 1.165) is 32.5 Å². The van der Waals surface area contributed by atoms with E-state index in [2.05, 4.69) is 41.4 Å². The van der Waals surface area contributed by atoms with Gasteiger partial charge in [0.05, 0.1) is 24.9 Å². The predicted octanol–water partition coefficient (Wildman–Crippen LogP) is 4.52. The molecule has 1 fully saturated rings. The van der Waals surface area contributed by atoms with E-state index >= 15 is 0 Å². The van der Waals surface area contributed by atoms with Crippen molar-refractivity contribution in [2.75, 3.05) is 32.6 Å². The quantitative estimate of drug-likeness (QED) is 0.772. The summed E-state index contributed by atoms with van der Waals surface area (Å²) in [6.45, 7) is 4.86. The van der Waals surface area contributed by atoms with Crippen LogP contribution in [0.4, 0.5) is 5.69 Å². The molecule has 1 heterocycles. The summed E-state index contributed by atoms with van der Waals surface area (Å²) in [5.41, 5.74) is 3.18. The molecule has 3 rings (SSSR count). The van der Waals surface area contributed by atoms with E-state index in [1.807, 2.05) is 0 Å². The molecule has 1 aliphatic heterocycles. The van der Waals surface area contributed by atoms with Gasteiger partial charge in [-0.15, -0.1) is 0 Å². The molecular formula is C22H27ClN2O3. The number of ether oxygens (including phenoxy) is 2. The molecule has 0 aliphatic carbocycles. The Labute approximate surface area is 171 Å². The molecule has 0 atom stereocenters. The Bertz CT molecular complexity index is 833. The van der Waals surface area contributed by atoms with Crippen LogP contribution >= 0.6 is 11.6 Å². The summed E-state index contributed by atoms with van der Waals surface area (Å²) >= 11 is 6.13. The van der Waals surface area contributed by atoms with Crippen LogP contribution in [0, 0.1) is 12.8 Å². The zero-order valence-electron chi connectivity index (χ0n) is 16.6. The van der Waals surface area contributed by atoms with Crippen molar-refractivity contribution >= 4 is 23.2 Å². The first kappa shape index (κ1) is 20.5. The summed E-state index contributed by atoms with van der Waals surface area (Å²) in [7, 11) is 3.10. The lowest BCUT2D eigenvalue weighted by atomic mass is 9.95. The number of benzene rings is 2. The highest BCUT2D eigenvalue weighted by Gasteiger charge is 2.26. The molecule has 2 aromatic rings. The van der Waals surface area contributed by atoms with E-state index in [4.69, 9.17) is 21.1 Å². The molecule has 150 valence electrons. The number of piperidine rings is 1. The minimum atomic E-state index is -0.0138. The molecule has 28 heavy (non-hydrogen) atoms. The normalized spacial score (nSPS) is 15.3. The maximum absolute atomic E-state index is 12.8. The Morgan fingerprint density at radius 1 is 1.14 bits per heavy atom.